The van der Waals surface area contributed by atoms with E-state index in [1.54, 1.807) is 14.0 Å². The Morgan fingerprint density at radius 3 is 3.00 bits per heavy atom. The Morgan fingerprint density at radius 2 is 2.50 bits per heavy atom. The molecule has 0 aromatic carbocycles. The van der Waals surface area contributed by atoms with Crippen molar-refractivity contribution in [3.63, 3.8) is 0 Å². The maximum Gasteiger partial charge on any atom is 0.226 e. The molecule has 0 bridgehead atoms. The standard InChI is InChI=1S/C6H12N4O2/c1-5(4-12-2)9-6(11)3-8-10-7/h5H,3-4H2,1-2H3,(H,9,11). The summed E-state index contributed by atoms with van der Waals surface area (Å²) in [6, 6.07) is -0.0589. The minimum atomic E-state index is -0.294. The molecular weight excluding hydrogens is 160 g/mol. The van der Waals surface area contributed by atoms with Crippen LogP contribution in [0.3, 0.4) is 0 Å². The van der Waals surface area contributed by atoms with Crippen molar-refractivity contribution in [2.45, 2.75) is 13.0 Å². The molecule has 68 valence electrons. The number of hydrogen-bond acceptors (Lipinski definition) is 3. The summed E-state index contributed by atoms with van der Waals surface area (Å²) in [5.41, 5.74) is 7.91. The highest BCUT2D eigenvalue weighted by molar-refractivity contribution is 5.78. The van der Waals surface area contributed by atoms with Crippen molar-refractivity contribution >= 4 is 5.91 Å². The average Bonchev–Trinajstić information content (AvgIpc) is 2.01. The summed E-state index contributed by atoms with van der Waals surface area (Å²) in [5.74, 6) is -0.294. The summed E-state index contributed by atoms with van der Waals surface area (Å²) in [6.07, 6.45) is 0. The van der Waals surface area contributed by atoms with Crippen LogP contribution in [0.25, 0.3) is 10.4 Å². The van der Waals surface area contributed by atoms with Gasteiger partial charge in [0.1, 0.15) is 6.54 Å². The summed E-state index contributed by atoms with van der Waals surface area (Å²) in [5, 5.41) is 5.70. The van der Waals surface area contributed by atoms with Gasteiger partial charge in [0.2, 0.25) is 5.91 Å². The van der Waals surface area contributed by atoms with Crippen LogP contribution in [0.15, 0.2) is 5.11 Å². The Balaban J connectivity index is 3.60. The number of methoxy groups -OCH3 is 1. The van der Waals surface area contributed by atoms with Crippen LogP contribution >= 0.6 is 0 Å². The van der Waals surface area contributed by atoms with E-state index in [0.29, 0.717) is 6.61 Å². The second-order valence-electron chi connectivity index (χ2n) is 2.31. The molecule has 0 rings (SSSR count). The van der Waals surface area contributed by atoms with E-state index < -0.39 is 0 Å². The van der Waals surface area contributed by atoms with Crippen molar-refractivity contribution in [2.24, 2.45) is 5.11 Å². The van der Waals surface area contributed by atoms with Crippen molar-refractivity contribution in [3.05, 3.63) is 10.4 Å². The lowest BCUT2D eigenvalue weighted by Gasteiger charge is -2.10. The molecular formula is C6H12N4O2. The zero-order valence-electron chi connectivity index (χ0n) is 7.15. The molecule has 0 aromatic rings. The van der Waals surface area contributed by atoms with Gasteiger partial charge in [-0.15, -0.1) is 0 Å². The van der Waals surface area contributed by atoms with E-state index in [4.69, 9.17) is 10.3 Å². The van der Waals surface area contributed by atoms with Gasteiger partial charge in [0.15, 0.2) is 0 Å². The fraction of sp³-hybridized carbons (Fsp3) is 0.833. The van der Waals surface area contributed by atoms with Gasteiger partial charge < -0.3 is 10.1 Å². The van der Waals surface area contributed by atoms with Gasteiger partial charge in [0.05, 0.1) is 6.61 Å². The fourth-order valence-electron chi connectivity index (χ4n) is 0.708. The molecule has 6 heteroatoms. The van der Waals surface area contributed by atoms with E-state index in [9.17, 15) is 4.79 Å². The predicted octanol–water partition coefficient (Wildman–Crippen LogP) is 0.448. The molecule has 0 aliphatic heterocycles. The second-order valence-corrected chi connectivity index (χ2v) is 2.31. The molecule has 0 saturated carbocycles. The first-order valence-corrected chi connectivity index (χ1v) is 3.50. The molecule has 0 heterocycles. The highest BCUT2D eigenvalue weighted by Crippen LogP contribution is 1.82. The normalized spacial score (nSPS) is 11.5. The molecule has 1 N–H and O–H groups in total. The van der Waals surface area contributed by atoms with Gasteiger partial charge in [-0.05, 0) is 12.5 Å². The summed E-state index contributed by atoms with van der Waals surface area (Å²) in [6.45, 7) is 2.09. The first-order chi connectivity index (χ1) is 5.70. The number of amides is 1. The Labute approximate surface area is 70.5 Å². The molecule has 1 amide bonds. The molecule has 0 radical (unpaired) electrons. The van der Waals surface area contributed by atoms with Gasteiger partial charge in [-0.25, -0.2) is 0 Å². The third kappa shape index (κ3) is 5.52. The number of nitrogens with one attached hydrogen (secondary N) is 1. The fourth-order valence-corrected chi connectivity index (χ4v) is 0.708. The Kier molecular flexibility index (Phi) is 5.77. The van der Waals surface area contributed by atoms with Crippen LogP contribution in [0.2, 0.25) is 0 Å². The maximum absolute atomic E-state index is 10.9. The molecule has 0 aliphatic carbocycles. The average molecular weight is 172 g/mol. The van der Waals surface area contributed by atoms with Crippen molar-refractivity contribution < 1.29 is 9.53 Å². The molecule has 0 aromatic heterocycles. The highest BCUT2D eigenvalue weighted by Gasteiger charge is 2.04. The van der Waals surface area contributed by atoms with Crippen LogP contribution in [0.5, 0.6) is 0 Å². The third-order valence-corrected chi connectivity index (χ3v) is 1.10. The van der Waals surface area contributed by atoms with Gasteiger partial charge in [0, 0.05) is 18.1 Å². The van der Waals surface area contributed by atoms with Crippen LogP contribution in [0.4, 0.5) is 0 Å². The molecule has 0 fully saturated rings. The zero-order valence-corrected chi connectivity index (χ0v) is 7.15. The SMILES string of the molecule is COCC(C)NC(=O)CN=[N+]=[N-]. The Bertz CT molecular complexity index is 188. The summed E-state index contributed by atoms with van der Waals surface area (Å²) < 4.78 is 4.79. The van der Waals surface area contributed by atoms with Crippen molar-refractivity contribution in [1.82, 2.24) is 5.32 Å². The quantitative estimate of drug-likeness (QED) is 0.370. The van der Waals surface area contributed by atoms with E-state index in [0.717, 1.165) is 0 Å². The van der Waals surface area contributed by atoms with Crippen molar-refractivity contribution in [2.75, 3.05) is 20.3 Å². The summed E-state index contributed by atoms with van der Waals surface area (Å²) in [7, 11) is 1.55. The number of rotatable bonds is 5. The predicted molar refractivity (Wildman–Crippen MR) is 43.5 cm³/mol. The van der Waals surface area contributed by atoms with Gasteiger partial charge >= 0.3 is 0 Å². The van der Waals surface area contributed by atoms with Gasteiger partial charge in [0.25, 0.3) is 0 Å². The topological polar surface area (TPSA) is 87.1 Å². The first kappa shape index (κ1) is 10.7. The molecule has 12 heavy (non-hydrogen) atoms. The summed E-state index contributed by atoms with van der Waals surface area (Å²) >= 11 is 0. The lowest BCUT2D eigenvalue weighted by molar-refractivity contribution is -0.120. The minimum Gasteiger partial charge on any atom is -0.383 e. The molecule has 1 atom stereocenters. The third-order valence-electron chi connectivity index (χ3n) is 1.10. The van der Waals surface area contributed by atoms with Crippen LogP contribution in [-0.4, -0.2) is 32.2 Å². The number of carbonyl (C=O) groups excluding carboxylic acids is 1. The largest absolute Gasteiger partial charge is 0.383 e. The van der Waals surface area contributed by atoms with E-state index in [2.05, 4.69) is 15.3 Å². The first-order valence-electron chi connectivity index (χ1n) is 3.50. The van der Waals surface area contributed by atoms with E-state index in [1.165, 1.54) is 0 Å². The lowest BCUT2D eigenvalue weighted by atomic mass is 10.3. The zero-order chi connectivity index (χ0) is 9.40. The van der Waals surface area contributed by atoms with Gasteiger partial charge in [-0.3, -0.25) is 4.79 Å². The minimum absolute atomic E-state index is 0.0589. The van der Waals surface area contributed by atoms with Gasteiger partial charge in [-0.2, -0.15) is 0 Å². The Morgan fingerprint density at radius 1 is 1.83 bits per heavy atom. The second kappa shape index (κ2) is 6.45. The van der Waals surface area contributed by atoms with Gasteiger partial charge in [-0.1, -0.05) is 5.11 Å². The maximum atomic E-state index is 10.9. The number of azide groups is 1. The smallest absolute Gasteiger partial charge is 0.226 e. The monoisotopic (exact) mass is 172 g/mol. The highest BCUT2D eigenvalue weighted by atomic mass is 16.5. The van der Waals surface area contributed by atoms with Crippen molar-refractivity contribution in [3.8, 4) is 0 Å². The van der Waals surface area contributed by atoms with E-state index in [-0.39, 0.29) is 18.5 Å². The van der Waals surface area contributed by atoms with E-state index >= 15 is 0 Å². The van der Waals surface area contributed by atoms with E-state index in [1.807, 2.05) is 0 Å². The number of ether oxygens (including phenoxy) is 1. The van der Waals surface area contributed by atoms with Crippen LogP contribution in [-0.2, 0) is 9.53 Å². The van der Waals surface area contributed by atoms with Crippen LogP contribution < -0.4 is 5.32 Å². The number of hydrogen-bond donors (Lipinski definition) is 1. The molecule has 0 saturated heterocycles. The van der Waals surface area contributed by atoms with Crippen LogP contribution in [0, 0.1) is 0 Å². The molecule has 0 spiro atoms. The number of nitrogens with zero attached hydrogens (tertiary/aromatic N) is 3. The molecule has 0 aliphatic rings. The molecule has 1 unspecified atom stereocenters. The Hall–Kier alpha value is -1.26. The summed E-state index contributed by atoms with van der Waals surface area (Å²) in [4.78, 5) is 13.3. The lowest BCUT2D eigenvalue weighted by Crippen LogP contribution is -2.36. The number of carbonyl (C=O) groups is 1. The molecule has 6 nitrogen and oxygen atoms in total. The van der Waals surface area contributed by atoms with Crippen LogP contribution in [0.1, 0.15) is 6.92 Å². The van der Waals surface area contributed by atoms with Crippen molar-refractivity contribution in [1.29, 1.82) is 0 Å².